The van der Waals surface area contributed by atoms with E-state index in [4.69, 9.17) is 4.74 Å². The second kappa shape index (κ2) is 9.67. The van der Waals surface area contributed by atoms with Crippen molar-refractivity contribution in [3.63, 3.8) is 0 Å². The van der Waals surface area contributed by atoms with E-state index in [2.05, 4.69) is 10.6 Å². The second-order valence-corrected chi connectivity index (χ2v) is 6.44. The lowest BCUT2D eigenvalue weighted by Crippen LogP contribution is -2.50. The normalized spacial score (nSPS) is 19.1. The summed E-state index contributed by atoms with van der Waals surface area (Å²) < 4.78 is 32.1. The average Bonchev–Trinajstić information content (AvgIpc) is 2.65. The van der Waals surface area contributed by atoms with Gasteiger partial charge in [0.15, 0.2) is 11.6 Å². The van der Waals surface area contributed by atoms with Crippen LogP contribution in [-0.4, -0.2) is 32.1 Å². The van der Waals surface area contributed by atoms with Gasteiger partial charge in [-0.1, -0.05) is 24.3 Å². The lowest BCUT2D eigenvalue weighted by molar-refractivity contribution is -0.121. The molecule has 1 aliphatic heterocycles. The first-order chi connectivity index (χ1) is 12.6. The largest absolute Gasteiger partial charge is 0.496 e. The zero-order valence-corrected chi connectivity index (χ0v) is 15.8. The van der Waals surface area contributed by atoms with Crippen molar-refractivity contribution >= 4 is 18.3 Å². The molecule has 2 aromatic carbocycles. The Morgan fingerprint density at radius 1 is 1.22 bits per heavy atom. The van der Waals surface area contributed by atoms with Crippen LogP contribution in [0.2, 0.25) is 0 Å². The maximum absolute atomic E-state index is 13.6. The van der Waals surface area contributed by atoms with Crippen LogP contribution in [-0.2, 0) is 11.2 Å². The molecule has 2 aromatic rings. The maximum Gasteiger partial charge on any atom is 0.224 e. The minimum atomic E-state index is -0.862. The highest BCUT2D eigenvalue weighted by Crippen LogP contribution is 2.27. The fraction of sp³-hybridized carbons (Fsp3) is 0.350. The first-order valence-corrected chi connectivity index (χ1v) is 8.65. The van der Waals surface area contributed by atoms with Gasteiger partial charge in [0.2, 0.25) is 5.91 Å². The number of hydrogen-bond donors (Lipinski definition) is 2. The molecule has 2 unspecified atom stereocenters. The van der Waals surface area contributed by atoms with E-state index in [0.29, 0.717) is 17.9 Å². The van der Waals surface area contributed by atoms with E-state index in [1.54, 1.807) is 13.2 Å². The Labute approximate surface area is 163 Å². The van der Waals surface area contributed by atoms with Gasteiger partial charge in [-0.15, -0.1) is 12.4 Å². The minimum absolute atomic E-state index is 0. The third-order valence-corrected chi connectivity index (χ3v) is 4.74. The predicted molar refractivity (Wildman–Crippen MR) is 102 cm³/mol. The van der Waals surface area contributed by atoms with Crippen LogP contribution in [0.5, 0.6) is 5.75 Å². The van der Waals surface area contributed by atoms with Crippen molar-refractivity contribution in [1.82, 2.24) is 10.6 Å². The molecule has 1 saturated heterocycles. The van der Waals surface area contributed by atoms with Gasteiger partial charge in [0, 0.05) is 24.1 Å². The van der Waals surface area contributed by atoms with Crippen molar-refractivity contribution in [2.24, 2.45) is 0 Å². The van der Waals surface area contributed by atoms with Crippen LogP contribution in [0.1, 0.15) is 23.5 Å². The first-order valence-electron chi connectivity index (χ1n) is 8.65. The van der Waals surface area contributed by atoms with Gasteiger partial charge in [-0.2, -0.15) is 0 Å². The fourth-order valence-corrected chi connectivity index (χ4v) is 3.43. The Morgan fingerprint density at radius 2 is 2.00 bits per heavy atom. The van der Waals surface area contributed by atoms with Crippen LogP contribution in [0.15, 0.2) is 42.5 Å². The van der Waals surface area contributed by atoms with Crippen molar-refractivity contribution in [3.8, 4) is 5.75 Å². The number of carbonyl (C=O) groups is 1. The number of carbonyl (C=O) groups excluding carboxylic acids is 1. The molecule has 2 N–H and O–H groups in total. The highest BCUT2D eigenvalue weighted by molar-refractivity contribution is 5.85. The van der Waals surface area contributed by atoms with Crippen molar-refractivity contribution in [3.05, 3.63) is 65.2 Å². The molecular formula is C20H23ClF2N2O2. The number of hydrogen-bond acceptors (Lipinski definition) is 3. The van der Waals surface area contributed by atoms with E-state index >= 15 is 0 Å². The summed E-state index contributed by atoms with van der Waals surface area (Å²) in [5.41, 5.74) is 1.51. The first kappa shape index (κ1) is 21.1. The molecule has 0 spiro atoms. The number of piperidine rings is 1. The number of amides is 1. The Kier molecular flexibility index (Phi) is 7.56. The van der Waals surface area contributed by atoms with Crippen molar-refractivity contribution in [2.75, 3.05) is 20.2 Å². The monoisotopic (exact) mass is 396 g/mol. The topological polar surface area (TPSA) is 50.4 Å². The Bertz CT molecular complexity index is 788. The molecule has 3 rings (SSSR count). The van der Waals surface area contributed by atoms with Crippen molar-refractivity contribution < 1.29 is 18.3 Å². The Morgan fingerprint density at radius 3 is 2.74 bits per heavy atom. The van der Waals surface area contributed by atoms with Crippen LogP contribution in [0.4, 0.5) is 8.78 Å². The van der Waals surface area contributed by atoms with Crippen LogP contribution in [0.25, 0.3) is 0 Å². The van der Waals surface area contributed by atoms with E-state index in [9.17, 15) is 13.6 Å². The van der Waals surface area contributed by atoms with Gasteiger partial charge in [0.05, 0.1) is 13.5 Å². The van der Waals surface area contributed by atoms with Crippen molar-refractivity contribution in [2.45, 2.75) is 24.8 Å². The fourth-order valence-electron chi connectivity index (χ4n) is 3.43. The molecule has 0 saturated carbocycles. The molecule has 7 heteroatoms. The van der Waals surface area contributed by atoms with Crippen LogP contribution >= 0.6 is 12.4 Å². The van der Waals surface area contributed by atoms with Gasteiger partial charge in [-0.25, -0.2) is 8.78 Å². The lowest BCUT2D eigenvalue weighted by Gasteiger charge is -2.33. The zero-order chi connectivity index (χ0) is 18.5. The maximum atomic E-state index is 13.6. The number of benzene rings is 2. The SMILES string of the molecule is COc1ccccc1CC(=O)NC1CNCCC1c1ccc(F)c(F)c1.Cl. The summed E-state index contributed by atoms with van der Waals surface area (Å²) >= 11 is 0. The molecule has 0 aliphatic carbocycles. The summed E-state index contributed by atoms with van der Waals surface area (Å²) in [6.45, 7) is 1.35. The van der Waals surface area contributed by atoms with Crippen molar-refractivity contribution in [1.29, 1.82) is 0 Å². The van der Waals surface area contributed by atoms with Crippen LogP contribution < -0.4 is 15.4 Å². The van der Waals surface area contributed by atoms with Gasteiger partial charge in [-0.05, 0) is 36.7 Å². The van der Waals surface area contributed by atoms with Gasteiger partial charge in [0.1, 0.15) is 5.75 Å². The van der Waals surface area contributed by atoms with Gasteiger partial charge in [0.25, 0.3) is 0 Å². The summed E-state index contributed by atoms with van der Waals surface area (Å²) in [5, 5.41) is 6.27. The third kappa shape index (κ3) is 5.17. The van der Waals surface area contributed by atoms with E-state index < -0.39 is 11.6 Å². The molecule has 1 fully saturated rings. The predicted octanol–water partition coefficient (Wildman–Crippen LogP) is 3.20. The van der Waals surface area contributed by atoms with Gasteiger partial charge >= 0.3 is 0 Å². The Hall–Kier alpha value is -2.18. The molecule has 1 heterocycles. The number of para-hydroxylation sites is 1. The summed E-state index contributed by atoms with van der Waals surface area (Å²) in [4.78, 5) is 12.5. The smallest absolute Gasteiger partial charge is 0.224 e. The molecule has 2 atom stereocenters. The number of rotatable bonds is 5. The molecule has 1 aliphatic rings. The van der Waals surface area contributed by atoms with Gasteiger partial charge in [-0.3, -0.25) is 4.79 Å². The van der Waals surface area contributed by atoms with E-state index in [1.807, 2.05) is 24.3 Å². The summed E-state index contributed by atoms with van der Waals surface area (Å²) in [6.07, 6.45) is 0.940. The van der Waals surface area contributed by atoms with Crippen LogP contribution in [0, 0.1) is 11.6 Å². The van der Waals surface area contributed by atoms with E-state index in [1.165, 1.54) is 6.07 Å². The van der Waals surface area contributed by atoms with E-state index in [0.717, 1.165) is 24.6 Å². The zero-order valence-electron chi connectivity index (χ0n) is 15.0. The van der Waals surface area contributed by atoms with Crippen LogP contribution in [0.3, 0.4) is 0 Å². The van der Waals surface area contributed by atoms with Gasteiger partial charge < -0.3 is 15.4 Å². The minimum Gasteiger partial charge on any atom is -0.496 e. The molecule has 0 bridgehead atoms. The summed E-state index contributed by atoms with van der Waals surface area (Å²) in [6, 6.07) is 11.1. The van der Waals surface area contributed by atoms with E-state index in [-0.39, 0.29) is 36.7 Å². The highest BCUT2D eigenvalue weighted by atomic mass is 35.5. The number of halogens is 3. The lowest BCUT2D eigenvalue weighted by atomic mass is 9.86. The summed E-state index contributed by atoms with van der Waals surface area (Å²) in [7, 11) is 1.57. The quantitative estimate of drug-likeness (QED) is 0.816. The standard InChI is InChI=1S/C20H22F2N2O2.ClH/c1-26-19-5-3-2-4-14(19)11-20(25)24-18-12-23-9-8-15(18)13-6-7-16(21)17(22)10-13;/h2-7,10,15,18,23H,8-9,11-12H2,1H3,(H,24,25);1H. The third-order valence-electron chi connectivity index (χ3n) is 4.74. The molecule has 0 aromatic heterocycles. The number of methoxy groups -OCH3 is 1. The number of ether oxygens (including phenoxy) is 1. The molecule has 146 valence electrons. The molecule has 1 amide bonds. The Balaban J connectivity index is 0.00000261. The molecule has 0 radical (unpaired) electrons. The molecule has 27 heavy (non-hydrogen) atoms. The molecular weight excluding hydrogens is 374 g/mol. The molecule has 4 nitrogen and oxygen atoms in total. The second-order valence-electron chi connectivity index (χ2n) is 6.44. The summed E-state index contributed by atoms with van der Waals surface area (Å²) in [5.74, 6) is -1.25. The highest BCUT2D eigenvalue weighted by Gasteiger charge is 2.28. The average molecular weight is 397 g/mol. The number of nitrogens with one attached hydrogen (secondary N) is 2.